The maximum atomic E-state index is 12.5. The fraction of sp³-hybridized carbons (Fsp3) is 0.208. The highest BCUT2D eigenvalue weighted by atomic mass is 16.5. The first-order valence-electron chi connectivity index (χ1n) is 9.10. The van der Waals surface area contributed by atoms with Gasteiger partial charge in [0.25, 0.3) is 0 Å². The predicted molar refractivity (Wildman–Crippen MR) is 113 cm³/mol. The van der Waals surface area contributed by atoms with Gasteiger partial charge in [0.2, 0.25) is 5.91 Å². The van der Waals surface area contributed by atoms with E-state index in [0.29, 0.717) is 6.61 Å². The van der Waals surface area contributed by atoms with Crippen molar-refractivity contribution in [2.24, 2.45) is 11.8 Å². The summed E-state index contributed by atoms with van der Waals surface area (Å²) in [7, 11) is 1.69. The van der Waals surface area contributed by atoms with Crippen LogP contribution in [0.25, 0.3) is 11.1 Å². The second-order valence-electron chi connectivity index (χ2n) is 6.75. The van der Waals surface area contributed by atoms with Crippen LogP contribution in [0.5, 0.6) is 0 Å². The molecule has 3 nitrogen and oxygen atoms in total. The lowest BCUT2D eigenvalue weighted by molar-refractivity contribution is -0.117. The van der Waals surface area contributed by atoms with Crippen molar-refractivity contribution in [2.75, 3.05) is 12.4 Å². The number of rotatable bonds is 8. The molecule has 2 aromatic rings. The Bertz CT molecular complexity index is 853. The number of amides is 1. The van der Waals surface area contributed by atoms with Gasteiger partial charge in [-0.3, -0.25) is 4.79 Å². The number of hydrogen-bond acceptors (Lipinski definition) is 2. The third kappa shape index (κ3) is 4.63. The topological polar surface area (TPSA) is 38.3 Å². The van der Waals surface area contributed by atoms with Crippen molar-refractivity contribution in [3.63, 3.8) is 0 Å². The van der Waals surface area contributed by atoms with Gasteiger partial charge in [-0.25, -0.2) is 0 Å². The van der Waals surface area contributed by atoms with Gasteiger partial charge in [-0.2, -0.15) is 0 Å². The monoisotopic (exact) mass is 361 g/mol. The van der Waals surface area contributed by atoms with Gasteiger partial charge in [0.05, 0.1) is 6.61 Å². The Morgan fingerprint density at radius 2 is 1.74 bits per heavy atom. The van der Waals surface area contributed by atoms with Crippen LogP contribution in [0.15, 0.2) is 85.5 Å². The molecule has 2 unspecified atom stereocenters. The summed E-state index contributed by atoms with van der Waals surface area (Å²) in [5.74, 6) is 0.334. The van der Waals surface area contributed by atoms with Gasteiger partial charge < -0.3 is 10.1 Å². The Morgan fingerprint density at radius 3 is 2.30 bits per heavy atom. The van der Waals surface area contributed by atoms with Gasteiger partial charge in [-0.05, 0) is 46.7 Å². The highest BCUT2D eigenvalue weighted by Gasteiger charge is 2.44. The van der Waals surface area contributed by atoms with E-state index in [1.165, 1.54) is 0 Å². The van der Waals surface area contributed by atoms with Crippen LogP contribution in [0.4, 0.5) is 5.69 Å². The van der Waals surface area contributed by atoms with E-state index in [9.17, 15) is 4.79 Å². The summed E-state index contributed by atoms with van der Waals surface area (Å²) in [4.78, 5) is 12.5. The van der Waals surface area contributed by atoms with E-state index in [4.69, 9.17) is 4.74 Å². The first-order chi connectivity index (χ1) is 13.2. The smallest absolute Gasteiger partial charge is 0.228 e. The van der Waals surface area contributed by atoms with E-state index in [0.717, 1.165) is 34.4 Å². The molecule has 0 radical (unpaired) electrons. The molecule has 1 N–H and O–H groups in total. The molecule has 3 heteroatoms. The average molecular weight is 361 g/mol. The van der Waals surface area contributed by atoms with Crippen LogP contribution < -0.4 is 5.32 Å². The molecule has 0 spiro atoms. The molecule has 1 saturated carbocycles. The summed E-state index contributed by atoms with van der Waals surface area (Å²) < 4.78 is 5.14. The average Bonchev–Trinajstić information content (AvgIpc) is 3.48. The van der Waals surface area contributed by atoms with E-state index in [2.05, 4.69) is 42.7 Å². The Kier molecular flexibility index (Phi) is 6.05. The zero-order chi connectivity index (χ0) is 19.2. The molecule has 0 bridgehead atoms. The maximum absolute atomic E-state index is 12.5. The highest BCUT2D eigenvalue weighted by molar-refractivity contribution is 5.95. The van der Waals surface area contributed by atoms with Crippen LogP contribution in [-0.2, 0) is 16.1 Å². The van der Waals surface area contributed by atoms with Gasteiger partial charge in [0.1, 0.15) is 0 Å². The van der Waals surface area contributed by atoms with Crippen LogP contribution in [0, 0.1) is 11.8 Å². The molecule has 2 aromatic carbocycles. The van der Waals surface area contributed by atoms with Crippen molar-refractivity contribution < 1.29 is 11.0 Å². The maximum Gasteiger partial charge on any atom is 0.228 e. The number of benzene rings is 2. The number of carbonyl (C=O) groups is 1. The minimum absolute atomic E-state index is 0. The normalized spacial score (nSPS) is 18.6. The van der Waals surface area contributed by atoms with Crippen molar-refractivity contribution in [1.29, 1.82) is 0 Å². The standard InChI is InChI=1S/C24H25NO2.H2/c1-4-6-18(5-2)22-15-23(22)24(26)25-21-13-11-20(12-14-21)19-9-7-17(8-10-19)16-27-3;/h4-14,22-23H,1-2,15-16H2,3H3,(H,25,26);1H/b18-6+;. The largest absolute Gasteiger partial charge is 0.380 e. The zero-order valence-corrected chi connectivity index (χ0v) is 15.7. The SMILES string of the molecule is C=C/C=C(\C=C)C1CC1C(=O)Nc1ccc(-c2ccc(COC)cc2)cc1.[HH]. The summed E-state index contributed by atoms with van der Waals surface area (Å²) >= 11 is 0. The molecule has 3 rings (SSSR count). The van der Waals surface area contributed by atoms with E-state index < -0.39 is 0 Å². The van der Waals surface area contributed by atoms with E-state index >= 15 is 0 Å². The number of methoxy groups -OCH3 is 1. The van der Waals surface area contributed by atoms with Crippen LogP contribution in [-0.4, -0.2) is 13.0 Å². The minimum atomic E-state index is 0. The molecule has 0 saturated heterocycles. The molecular formula is C24H27NO2. The molecule has 1 amide bonds. The highest BCUT2D eigenvalue weighted by Crippen LogP contribution is 2.45. The fourth-order valence-electron chi connectivity index (χ4n) is 3.27. The lowest BCUT2D eigenvalue weighted by Gasteiger charge is -2.08. The molecule has 1 aliphatic carbocycles. The molecule has 1 aliphatic rings. The lowest BCUT2D eigenvalue weighted by atomic mass is 10.0. The molecule has 140 valence electrons. The molecular weight excluding hydrogens is 334 g/mol. The summed E-state index contributed by atoms with van der Waals surface area (Å²) in [6, 6.07) is 16.2. The minimum Gasteiger partial charge on any atom is -0.380 e. The molecule has 0 aliphatic heterocycles. The van der Waals surface area contributed by atoms with Crippen molar-refractivity contribution in [3.05, 3.63) is 91.1 Å². The van der Waals surface area contributed by atoms with E-state index in [1.54, 1.807) is 13.2 Å². The van der Waals surface area contributed by atoms with Crippen LogP contribution in [0.3, 0.4) is 0 Å². The van der Waals surface area contributed by atoms with Crippen LogP contribution >= 0.6 is 0 Å². The van der Waals surface area contributed by atoms with Crippen molar-refractivity contribution in [1.82, 2.24) is 0 Å². The Morgan fingerprint density at radius 1 is 1.11 bits per heavy atom. The summed E-state index contributed by atoms with van der Waals surface area (Å²) in [6.07, 6.45) is 6.35. The lowest BCUT2D eigenvalue weighted by Crippen LogP contribution is -2.15. The summed E-state index contributed by atoms with van der Waals surface area (Å²) in [5, 5.41) is 3.02. The van der Waals surface area contributed by atoms with Crippen molar-refractivity contribution in [3.8, 4) is 11.1 Å². The summed E-state index contributed by atoms with van der Waals surface area (Å²) in [5.41, 5.74) is 5.30. The van der Waals surface area contributed by atoms with Gasteiger partial charge in [-0.15, -0.1) is 0 Å². The van der Waals surface area contributed by atoms with E-state index in [-0.39, 0.29) is 19.2 Å². The van der Waals surface area contributed by atoms with Gasteiger partial charge in [-0.1, -0.05) is 67.8 Å². The molecule has 1 fully saturated rings. The number of anilines is 1. The molecule has 0 heterocycles. The Labute approximate surface area is 162 Å². The fourth-order valence-corrected chi connectivity index (χ4v) is 3.27. The second-order valence-corrected chi connectivity index (χ2v) is 6.75. The van der Waals surface area contributed by atoms with Gasteiger partial charge in [0, 0.05) is 20.1 Å². The summed E-state index contributed by atoms with van der Waals surface area (Å²) in [6.45, 7) is 8.14. The molecule has 2 atom stereocenters. The van der Waals surface area contributed by atoms with Crippen LogP contribution in [0.2, 0.25) is 0 Å². The zero-order valence-electron chi connectivity index (χ0n) is 15.7. The van der Waals surface area contributed by atoms with E-state index in [1.807, 2.05) is 36.4 Å². The van der Waals surface area contributed by atoms with Gasteiger partial charge >= 0.3 is 0 Å². The van der Waals surface area contributed by atoms with Crippen molar-refractivity contribution >= 4 is 11.6 Å². The number of allylic oxidation sites excluding steroid dienone is 4. The van der Waals surface area contributed by atoms with Crippen molar-refractivity contribution in [2.45, 2.75) is 13.0 Å². The number of ether oxygens (including phenoxy) is 1. The number of carbonyl (C=O) groups excluding carboxylic acids is 1. The molecule has 27 heavy (non-hydrogen) atoms. The first-order valence-corrected chi connectivity index (χ1v) is 9.10. The third-order valence-electron chi connectivity index (χ3n) is 4.85. The van der Waals surface area contributed by atoms with Crippen LogP contribution in [0.1, 0.15) is 13.4 Å². The van der Waals surface area contributed by atoms with Gasteiger partial charge in [0.15, 0.2) is 0 Å². The third-order valence-corrected chi connectivity index (χ3v) is 4.85. The predicted octanol–water partition coefficient (Wildman–Crippen LogP) is 5.62. The Hall–Kier alpha value is -2.91. The number of hydrogen-bond donors (Lipinski definition) is 1. The number of nitrogens with one attached hydrogen (secondary N) is 1. The molecule has 0 aromatic heterocycles. The quantitative estimate of drug-likeness (QED) is 0.620. The first kappa shape index (κ1) is 18.9. The second kappa shape index (κ2) is 8.65. The Balaban J connectivity index is 0.00000280.